The van der Waals surface area contributed by atoms with Crippen LogP contribution in [0.3, 0.4) is 0 Å². The number of hydrogen-bond donors (Lipinski definition) is 2. The molecule has 0 bridgehead atoms. The first-order valence-electron chi connectivity index (χ1n) is 8.54. The van der Waals surface area contributed by atoms with Crippen molar-refractivity contribution in [1.82, 2.24) is 15.3 Å². The van der Waals surface area contributed by atoms with Crippen LogP contribution in [0.15, 0.2) is 42.7 Å². The molecular formula is C20H23N3O3. The minimum atomic E-state index is -0.178. The fourth-order valence-electron chi connectivity index (χ4n) is 2.97. The summed E-state index contributed by atoms with van der Waals surface area (Å²) >= 11 is 0. The van der Waals surface area contributed by atoms with Crippen molar-refractivity contribution in [3.63, 3.8) is 0 Å². The first kappa shape index (κ1) is 17.8. The van der Waals surface area contributed by atoms with Crippen LogP contribution in [0.4, 0.5) is 0 Å². The van der Waals surface area contributed by atoms with Crippen LogP contribution in [-0.4, -0.2) is 30.1 Å². The minimum absolute atomic E-state index is 0.00733. The number of fused-ring (bicyclic) bond motifs is 1. The molecule has 6 heteroatoms. The van der Waals surface area contributed by atoms with Gasteiger partial charge in [0.25, 0.3) is 0 Å². The number of rotatable bonds is 7. The Morgan fingerprint density at radius 2 is 2.04 bits per heavy atom. The highest BCUT2D eigenvalue weighted by Gasteiger charge is 2.15. The lowest BCUT2D eigenvalue weighted by Crippen LogP contribution is -2.27. The zero-order chi connectivity index (χ0) is 18.5. The molecule has 0 saturated heterocycles. The monoisotopic (exact) mass is 353 g/mol. The maximum absolute atomic E-state index is 12.4. The van der Waals surface area contributed by atoms with Crippen molar-refractivity contribution in [2.75, 3.05) is 14.2 Å². The SMILES string of the molecule is COc1ccc(OC)c(C(C)NC(=O)CCc2ccc3nc[nH]c3c2)c1. The Morgan fingerprint density at radius 1 is 1.19 bits per heavy atom. The molecule has 0 spiro atoms. The second-order valence-electron chi connectivity index (χ2n) is 6.15. The Bertz CT molecular complexity index is 904. The van der Waals surface area contributed by atoms with Crippen molar-refractivity contribution >= 4 is 16.9 Å². The number of carbonyl (C=O) groups excluding carboxylic acids is 1. The summed E-state index contributed by atoms with van der Waals surface area (Å²) < 4.78 is 10.7. The molecule has 0 aliphatic rings. The number of carbonyl (C=O) groups is 1. The first-order chi connectivity index (χ1) is 12.6. The van der Waals surface area contributed by atoms with E-state index in [0.717, 1.165) is 33.7 Å². The van der Waals surface area contributed by atoms with Crippen molar-refractivity contribution in [1.29, 1.82) is 0 Å². The number of nitrogens with zero attached hydrogens (tertiary/aromatic N) is 1. The second kappa shape index (κ2) is 7.91. The van der Waals surface area contributed by atoms with Crippen LogP contribution in [0.2, 0.25) is 0 Å². The predicted molar refractivity (Wildman–Crippen MR) is 101 cm³/mol. The topological polar surface area (TPSA) is 76.2 Å². The van der Waals surface area contributed by atoms with Crippen LogP contribution in [0.5, 0.6) is 11.5 Å². The van der Waals surface area contributed by atoms with Gasteiger partial charge >= 0.3 is 0 Å². The molecule has 2 N–H and O–H groups in total. The van der Waals surface area contributed by atoms with E-state index in [9.17, 15) is 4.79 Å². The summed E-state index contributed by atoms with van der Waals surface area (Å²) in [5, 5.41) is 3.03. The Hall–Kier alpha value is -3.02. The van der Waals surface area contributed by atoms with Crippen molar-refractivity contribution in [2.24, 2.45) is 0 Å². The molecule has 1 unspecified atom stereocenters. The molecule has 1 amide bonds. The first-order valence-corrected chi connectivity index (χ1v) is 8.54. The van der Waals surface area contributed by atoms with Crippen molar-refractivity contribution in [3.05, 3.63) is 53.9 Å². The third-order valence-corrected chi connectivity index (χ3v) is 4.41. The van der Waals surface area contributed by atoms with Gasteiger partial charge in [-0.15, -0.1) is 0 Å². The van der Waals surface area contributed by atoms with Gasteiger partial charge in [0.15, 0.2) is 0 Å². The summed E-state index contributed by atoms with van der Waals surface area (Å²) in [5.74, 6) is 1.45. The minimum Gasteiger partial charge on any atom is -0.497 e. The van der Waals surface area contributed by atoms with Gasteiger partial charge in [0, 0.05) is 12.0 Å². The average molecular weight is 353 g/mol. The number of ether oxygens (including phenoxy) is 2. The molecule has 6 nitrogen and oxygen atoms in total. The zero-order valence-corrected chi connectivity index (χ0v) is 15.2. The quantitative estimate of drug-likeness (QED) is 0.683. The van der Waals surface area contributed by atoms with E-state index < -0.39 is 0 Å². The molecule has 0 saturated carbocycles. The fourth-order valence-corrected chi connectivity index (χ4v) is 2.97. The Morgan fingerprint density at radius 3 is 2.81 bits per heavy atom. The summed E-state index contributed by atoms with van der Waals surface area (Å²) in [7, 11) is 3.23. The number of benzene rings is 2. The van der Waals surface area contributed by atoms with E-state index in [1.807, 2.05) is 43.3 Å². The third kappa shape index (κ3) is 3.96. The van der Waals surface area contributed by atoms with E-state index in [-0.39, 0.29) is 11.9 Å². The summed E-state index contributed by atoms with van der Waals surface area (Å²) in [5.41, 5.74) is 3.90. The van der Waals surface area contributed by atoms with Gasteiger partial charge in [-0.3, -0.25) is 4.79 Å². The smallest absolute Gasteiger partial charge is 0.220 e. The number of aromatic amines is 1. The van der Waals surface area contributed by atoms with Crippen LogP contribution in [0.1, 0.15) is 30.5 Å². The van der Waals surface area contributed by atoms with Crippen LogP contribution in [0.25, 0.3) is 11.0 Å². The molecule has 0 fully saturated rings. The molecule has 3 rings (SSSR count). The van der Waals surface area contributed by atoms with Crippen LogP contribution >= 0.6 is 0 Å². The highest BCUT2D eigenvalue weighted by Crippen LogP contribution is 2.29. The predicted octanol–water partition coefficient (Wildman–Crippen LogP) is 3.39. The standard InChI is InChI=1S/C20H23N3O3/c1-13(16-11-15(25-2)6-8-19(16)26-3)23-20(24)9-5-14-4-7-17-18(10-14)22-12-21-17/h4,6-8,10-13H,5,9H2,1-3H3,(H,21,22)(H,23,24). The molecule has 1 aromatic heterocycles. The number of nitrogens with one attached hydrogen (secondary N) is 2. The van der Waals surface area contributed by atoms with Crippen molar-refractivity contribution < 1.29 is 14.3 Å². The van der Waals surface area contributed by atoms with E-state index in [1.165, 1.54) is 0 Å². The summed E-state index contributed by atoms with van der Waals surface area (Å²) in [4.78, 5) is 19.7. The average Bonchev–Trinajstić information content (AvgIpc) is 3.13. The molecule has 0 aliphatic carbocycles. The number of methoxy groups -OCH3 is 2. The normalized spacial score (nSPS) is 12.0. The molecule has 1 atom stereocenters. The number of H-pyrrole nitrogens is 1. The number of hydrogen-bond acceptors (Lipinski definition) is 4. The van der Waals surface area contributed by atoms with Gasteiger partial charge < -0.3 is 19.8 Å². The molecule has 1 heterocycles. The lowest BCUT2D eigenvalue weighted by molar-refractivity contribution is -0.121. The van der Waals surface area contributed by atoms with E-state index in [1.54, 1.807) is 20.5 Å². The van der Waals surface area contributed by atoms with Crippen molar-refractivity contribution in [3.8, 4) is 11.5 Å². The second-order valence-corrected chi connectivity index (χ2v) is 6.15. The van der Waals surface area contributed by atoms with E-state index in [2.05, 4.69) is 15.3 Å². The van der Waals surface area contributed by atoms with Gasteiger partial charge in [0.05, 0.1) is 37.6 Å². The molecule has 2 aromatic carbocycles. The summed E-state index contributed by atoms with van der Waals surface area (Å²) in [6, 6.07) is 11.4. The maximum Gasteiger partial charge on any atom is 0.220 e. The third-order valence-electron chi connectivity index (χ3n) is 4.41. The highest BCUT2D eigenvalue weighted by molar-refractivity contribution is 5.78. The maximum atomic E-state index is 12.4. The molecule has 0 radical (unpaired) electrons. The van der Waals surface area contributed by atoms with Crippen LogP contribution in [0, 0.1) is 0 Å². The summed E-state index contributed by atoms with van der Waals surface area (Å²) in [6.07, 6.45) is 2.75. The lowest BCUT2D eigenvalue weighted by Gasteiger charge is -2.18. The van der Waals surface area contributed by atoms with Gasteiger partial charge in [-0.1, -0.05) is 6.07 Å². The number of imidazole rings is 1. The van der Waals surface area contributed by atoms with E-state index in [0.29, 0.717) is 12.8 Å². The molecule has 26 heavy (non-hydrogen) atoms. The van der Waals surface area contributed by atoms with E-state index in [4.69, 9.17) is 9.47 Å². The van der Waals surface area contributed by atoms with Crippen LogP contribution in [-0.2, 0) is 11.2 Å². The number of amides is 1. The Balaban J connectivity index is 1.62. The fraction of sp³-hybridized carbons (Fsp3) is 0.300. The Labute approximate surface area is 152 Å². The van der Waals surface area contributed by atoms with Gasteiger partial charge in [-0.25, -0.2) is 4.98 Å². The molecule has 0 aliphatic heterocycles. The molecular weight excluding hydrogens is 330 g/mol. The van der Waals surface area contributed by atoms with Gasteiger partial charge in [-0.2, -0.15) is 0 Å². The highest BCUT2D eigenvalue weighted by atomic mass is 16.5. The lowest BCUT2D eigenvalue weighted by atomic mass is 10.1. The number of aryl methyl sites for hydroxylation is 1. The van der Waals surface area contributed by atoms with Gasteiger partial charge in [-0.05, 0) is 49.2 Å². The Kier molecular flexibility index (Phi) is 5.41. The molecule has 3 aromatic rings. The zero-order valence-electron chi connectivity index (χ0n) is 15.2. The number of aromatic nitrogens is 2. The largest absolute Gasteiger partial charge is 0.497 e. The van der Waals surface area contributed by atoms with Gasteiger partial charge in [0.1, 0.15) is 11.5 Å². The van der Waals surface area contributed by atoms with Crippen LogP contribution < -0.4 is 14.8 Å². The summed E-state index contributed by atoms with van der Waals surface area (Å²) in [6.45, 7) is 1.94. The molecule has 136 valence electrons. The van der Waals surface area contributed by atoms with Crippen molar-refractivity contribution in [2.45, 2.75) is 25.8 Å². The van der Waals surface area contributed by atoms with E-state index >= 15 is 0 Å². The van der Waals surface area contributed by atoms with Gasteiger partial charge in [0.2, 0.25) is 5.91 Å².